The fourth-order valence-electron chi connectivity index (χ4n) is 2.64. The quantitative estimate of drug-likeness (QED) is 0.552. The molecule has 4 aromatic rings. The van der Waals surface area contributed by atoms with Gasteiger partial charge >= 0.3 is 0 Å². The molecule has 2 aromatic carbocycles. The van der Waals surface area contributed by atoms with Crippen LogP contribution in [0, 0.1) is 0 Å². The molecule has 0 aliphatic rings. The Balaban J connectivity index is 1.69. The van der Waals surface area contributed by atoms with Gasteiger partial charge in [-0.1, -0.05) is 54.1 Å². The molecule has 2 aromatic heterocycles. The lowest BCUT2D eigenvalue weighted by molar-refractivity contribution is 0.0910. The molecule has 0 radical (unpaired) electrons. The molecule has 0 aliphatic carbocycles. The molecular formula is C20H14ClN3O3. The van der Waals surface area contributed by atoms with Crippen LogP contribution in [-0.4, -0.2) is 16.1 Å². The van der Waals surface area contributed by atoms with E-state index in [1.807, 2.05) is 42.5 Å². The van der Waals surface area contributed by atoms with Crippen molar-refractivity contribution in [2.24, 2.45) is 0 Å². The lowest BCUT2D eigenvalue weighted by Crippen LogP contribution is -2.29. The lowest BCUT2D eigenvalue weighted by atomic mass is 10.1. The number of hydrogen-bond acceptors (Lipinski definition) is 5. The van der Waals surface area contributed by atoms with Crippen molar-refractivity contribution >= 4 is 17.5 Å². The average molecular weight is 380 g/mol. The number of hydrogen-bond donors (Lipinski definition) is 1. The monoisotopic (exact) mass is 379 g/mol. The molecule has 27 heavy (non-hydrogen) atoms. The van der Waals surface area contributed by atoms with E-state index in [0.717, 1.165) is 5.56 Å². The van der Waals surface area contributed by atoms with Crippen molar-refractivity contribution in [3.05, 3.63) is 95.2 Å². The average Bonchev–Trinajstić information content (AvgIpc) is 3.39. The van der Waals surface area contributed by atoms with Crippen molar-refractivity contribution in [3.8, 4) is 11.5 Å². The Morgan fingerprint density at radius 1 is 0.963 bits per heavy atom. The predicted molar refractivity (Wildman–Crippen MR) is 99.2 cm³/mol. The molecule has 6 nitrogen and oxygen atoms in total. The molecule has 1 atom stereocenters. The zero-order valence-electron chi connectivity index (χ0n) is 14.0. The summed E-state index contributed by atoms with van der Waals surface area (Å²) in [5.74, 6) is 0.341. The summed E-state index contributed by atoms with van der Waals surface area (Å²) in [4.78, 5) is 12.5. The highest BCUT2D eigenvalue weighted by Gasteiger charge is 2.25. The minimum Gasteiger partial charge on any atom is -0.459 e. The van der Waals surface area contributed by atoms with E-state index in [1.165, 1.54) is 6.26 Å². The van der Waals surface area contributed by atoms with E-state index in [1.54, 1.807) is 24.3 Å². The van der Waals surface area contributed by atoms with Crippen LogP contribution in [-0.2, 0) is 0 Å². The number of nitrogens with zero attached hydrogens (tertiary/aromatic N) is 2. The smallest absolute Gasteiger partial charge is 0.287 e. The standard InChI is InChI=1S/C20H14ClN3O3/c21-15-10-5-4-9-14(15)19-23-24-20(27-19)17(13-7-2-1-3-8-13)22-18(25)16-11-6-12-26-16/h1-12,17H,(H,22,25). The fourth-order valence-corrected chi connectivity index (χ4v) is 2.85. The van der Waals surface area contributed by atoms with Gasteiger partial charge in [-0.15, -0.1) is 10.2 Å². The number of carbonyl (C=O) groups excluding carboxylic acids is 1. The molecule has 0 saturated carbocycles. The molecule has 2 heterocycles. The Morgan fingerprint density at radius 2 is 1.74 bits per heavy atom. The molecule has 0 aliphatic heterocycles. The van der Waals surface area contributed by atoms with E-state index in [0.29, 0.717) is 10.6 Å². The van der Waals surface area contributed by atoms with Crippen molar-refractivity contribution in [1.82, 2.24) is 15.5 Å². The van der Waals surface area contributed by atoms with Crippen LogP contribution in [0.2, 0.25) is 5.02 Å². The zero-order valence-corrected chi connectivity index (χ0v) is 14.8. The summed E-state index contributed by atoms with van der Waals surface area (Å²) in [5, 5.41) is 11.6. The van der Waals surface area contributed by atoms with E-state index in [4.69, 9.17) is 20.4 Å². The Kier molecular flexibility index (Phi) is 4.72. The number of amides is 1. The maximum absolute atomic E-state index is 12.5. The minimum atomic E-state index is -0.632. The third kappa shape index (κ3) is 3.61. The van der Waals surface area contributed by atoms with Gasteiger partial charge in [-0.25, -0.2) is 0 Å². The van der Waals surface area contributed by atoms with E-state index in [9.17, 15) is 4.79 Å². The third-order valence-corrected chi connectivity index (χ3v) is 4.27. The molecule has 0 saturated heterocycles. The van der Waals surface area contributed by atoms with Crippen molar-refractivity contribution < 1.29 is 13.6 Å². The lowest BCUT2D eigenvalue weighted by Gasteiger charge is -2.14. The Morgan fingerprint density at radius 3 is 2.48 bits per heavy atom. The molecule has 1 unspecified atom stereocenters. The van der Waals surface area contributed by atoms with E-state index >= 15 is 0 Å². The summed E-state index contributed by atoms with van der Waals surface area (Å²) in [6.07, 6.45) is 1.44. The normalized spacial score (nSPS) is 11.9. The van der Waals surface area contributed by atoms with E-state index < -0.39 is 6.04 Å². The first kappa shape index (κ1) is 17.1. The maximum atomic E-state index is 12.5. The first-order valence-electron chi connectivity index (χ1n) is 8.20. The van der Waals surface area contributed by atoms with Gasteiger partial charge in [-0.2, -0.15) is 0 Å². The third-order valence-electron chi connectivity index (χ3n) is 3.95. The second kappa shape index (κ2) is 7.47. The van der Waals surface area contributed by atoms with Gasteiger partial charge in [-0.3, -0.25) is 4.79 Å². The summed E-state index contributed by atoms with van der Waals surface area (Å²) in [6.45, 7) is 0. The highest BCUT2D eigenvalue weighted by Crippen LogP contribution is 2.29. The van der Waals surface area contributed by atoms with Crippen LogP contribution in [0.15, 0.2) is 81.8 Å². The number of aromatic nitrogens is 2. The van der Waals surface area contributed by atoms with Crippen molar-refractivity contribution in [2.45, 2.75) is 6.04 Å². The minimum absolute atomic E-state index is 0.196. The Labute approximate surface area is 159 Å². The van der Waals surface area contributed by atoms with Crippen molar-refractivity contribution in [2.75, 3.05) is 0 Å². The van der Waals surface area contributed by atoms with Gasteiger partial charge in [0.25, 0.3) is 5.91 Å². The topological polar surface area (TPSA) is 81.2 Å². The van der Waals surface area contributed by atoms with Crippen molar-refractivity contribution in [1.29, 1.82) is 0 Å². The fraction of sp³-hybridized carbons (Fsp3) is 0.0500. The molecule has 134 valence electrons. The largest absolute Gasteiger partial charge is 0.459 e. The van der Waals surface area contributed by atoms with Crippen LogP contribution in [0.1, 0.15) is 28.1 Å². The Hall–Kier alpha value is -3.38. The van der Waals surface area contributed by atoms with Gasteiger partial charge in [0.2, 0.25) is 11.8 Å². The summed E-state index contributed by atoms with van der Waals surface area (Å²) in [5.41, 5.74) is 1.42. The number of furan rings is 1. The molecule has 1 amide bonds. The van der Waals surface area contributed by atoms with Gasteiger partial charge in [0.05, 0.1) is 16.8 Å². The van der Waals surface area contributed by atoms with Crippen molar-refractivity contribution in [3.63, 3.8) is 0 Å². The van der Waals surface area contributed by atoms with Gasteiger partial charge in [0.1, 0.15) is 6.04 Å². The van der Waals surface area contributed by atoms with Crippen LogP contribution in [0.25, 0.3) is 11.5 Å². The Bertz CT molecular complexity index is 1050. The van der Waals surface area contributed by atoms with E-state index in [2.05, 4.69) is 15.5 Å². The van der Waals surface area contributed by atoms with Crippen LogP contribution in [0.3, 0.4) is 0 Å². The maximum Gasteiger partial charge on any atom is 0.287 e. The molecule has 0 bridgehead atoms. The first-order chi connectivity index (χ1) is 13.2. The summed E-state index contributed by atoms with van der Waals surface area (Å²) in [7, 11) is 0. The van der Waals surface area contributed by atoms with Gasteiger partial charge < -0.3 is 14.2 Å². The number of halogens is 1. The number of nitrogens with one attached hydrogen (secondary N) is 1. The molecular weight excluding hydrogens is 366 g/mol. The first-order valence-corrected chi connectivity index (χ1v) is 8.58. The molecule has 7 heteroatoms. The van der Waals surface area contributed by atoms with Crippen LogP contribution in [0.5, 0.6) is 0 Å². The number of rotatable bonds is 5. The molecule has 4 rings (SSSR count). The summed E-state index contributed by atoms with van der Waals surface area (Å²) in [6, 6.07) is 19.1. The molecule has 0 fully saturated rings. The second-order valence-corrected chi connectivity index (χ2v) is 6.13. The highest BCUT2D eigenvalue weighted by atomic mass is 35.5. The van der Waals surface area contributed by atoms with Crippen LogP contribution >= 0.6 is 11.6 Å². The SMILES string of the molecule is O=C(NC(c1ccccc1)c1nnc(-c2ccccc2Cl)o1)c1ccco1. The summed E-state index contributed by atoms with van der Waals surface area (Å²) < 4.78 is 11.0. The van der Waals surface area contributed by atoms with Crippen LogP contribution in [0.4, 0.5) is 0 Å². The zero-order chi connectivity index (χ0) is 18.6. The molecule has 0 spiro atoms. The van der Waals surface area contributed by atoms with Gasteiger partial charge in [0, 0.05) is 0 Å². The predicted octanol–water partition coefficient (Wildman–Crippen LogP) is 4.50. The molecule has 1 N–H and O–H groups in total. The second-order valence-electron chi connectivity index (χ2n) is 5.72. The summed E-state index contributed by atoms with van der Waals surface area (Å²) >= 11 is 6.21. The highest BCUT2D eigenvalue weighted by molar-refractivity contribution is 6.33. The van der Waals surface area contributed by atoms with Gasteiger partial charge in [-0.05, 0) is 29.8 Å². The van der Waals surface area contributed by atoms with Gasteiger partial charge in [0.15, 0.2) is 5.76 Å². The van der Waals surface area contributed by atoms with E-state index in [-0.39, 0.29) is 23.4 Å². The van der Waals surface area contributed by atoms with Crippen LogP contribution < -0.4 is 5.32 Å². The number of carbonyl (C=O) groups is 1. The number of benzene rings is 2.